The lowest BCUT2D eigenvalue weighted by Gasteiger charge is -2.22. The van der Waals surface area contributed by atoms with E-state index in [2.05, 4.69) is 4.98 Å². The van der Waals surface area contributed by atoms with E-state index in [-0.39, 0.29) is 31.7 Å². The van der Waals surface area contributed by atoms with Crippen molar-refractivity contribution in [3.05, 3.63) is 43.9 Å². The minimum Gasteiger partial charge on any atom is -0.367 e. The maximum absolute atomic E-state index is 12.7. The van der Waals surface area contributed by atoms with Crippen LogP contribution in [0.3, 0.4) is 0 Å². The third-order valence-electron chi connectivity index (χ3n) is 3.31. The third kappa shape index (κ3) is 6.55. The Morgan fingerprint density at radius 3 is 2.41 bits per heavy atom. The van der Waals surface area contributed by atoms with Crippen molar-refractivity contribution in [2.45, 2.75) is 46.4 Å². The number of thiophene rings is 1. The molecule has 2 aromatic heterocycles. The van der Waals surface area contributed by atoms with Gasteiger partial charge in [0.2, 0.25) is 0 Å². The molecule has 10 heteroatoms. The average Bonchev–Trinajstić information content (AvgIpc) is 3.05. The highest BCUT2D eigenvalue weighted by Crippen LogP contribution is 2.50. The van der Waals surface area contributed by atoms with Gasteiger partial charge in [0.05, 0.1) is 30.9 Å². The van der Waals surface area contributed by atoms with Gasteiger partial charge in [-0.1, -0.05) is 0 Å². The highest BCUT2D eigenvalue weighted by molar-refractivity contribution is 7.53. The first-order valence-electron chi connectivity index (χ1n) is 8.60. The first-order chi connectivity index (χ1) is 12.7. The molecule has 0 saturated carbocycles. The largest absolute Gasteiger partial charge is 0.367 e. The minimum atomic E-state index is -3.39. The summed E-state index contributed by atoms with van der Waals surface area (Å²) in [5.41, 5.74) is 0.197. The van der Waals surface area contributed by atoms with Gasteiger partial charge in [0.15, 0.2) is 0 Å². The summed E-state index contributed by atoms with van der Waals surface area (Å²) in [4.78, 5) is 26.3. The van der Waals surface area contributed by atoms with E-state index in [9.17, 15) is 14.2 Å². The zero-order valence-corrected chi connectivity index (χ0v) is 17.5. The summed E-state index contributed by atoms with van der Waals surface area (Å²) in [5, 5.41) is 3.69. The molecule has 0 aliphatic heterocycles. The van der Waals surface area contributed by atoms with Gasteiger partial charge in [-0.05, 0) is 50.1 Å². The van der Waals surface area contributed by atoms with Crippen LogP contribution in [0.4, 0.5) is 0 Å². The fourth-order valence-electron chi connectivity index (χ4n) is 2.37. The summed E-state index contributed by atoms with van der Waals surface area (Å²) in [5.74, 6) is 0. The van der Waals surface area contributed by atoms with Crippen LogP contribution >= 0.6 is 18.9 Å². The van der Waals surface area contributed by atoms with E-state index in [1.165, 1.54) is 22.1 Å². The van der Waals surface area contributed by atoms with Gasteiger partial charge in [0.1, 0.15) is 6.35 Å². The summed E-state index contributed by atoms with van der Waals surface area (Å²) in [7, 11) is -3.39. The molecule has 0 amide bonds. The molecule has 8 nitrogen and oxygen atoms in total. The lowest BCUT2D eigenvalue weighted by Crippen LogP contribution is -2.31. The molecule has 2 rings (SSSR count). The van der Waals surface area contributed by atoms with Crippen LogP contribution in [0.5, 0.6) is 0 Å². The lowest BCUT2D eigenvalue weighted by atomic mass is 10.2. The van der Waals surface area contributed by atoms with Crippen molar-refractivity contribution in [3.8, 4) is 11.1 Å². The normalized spacial score (nSPS) is 12.2. The zero-order valence-electron chi connectivity index (χ0n) is 15.8. The molecule has 0 radical (unpaired) electrons. The van der Waals surface area contributed by atoms with Crippen molar-refractivity contribution in [2.24, 2.45) is 0 Å². The monoisotopic (exact) mass is 416 g/mol. The molecule has 0 aliphatic rings. The summed E-state index contributed by atoms with van der Waals surface area (Å²) in [6.07, 6.45) is 0.751. The van der Waals surface area contributed by atoms with Crippen LogP contribution in [-0.4, -0.2) is 34.7 Å². The second-order valence-electron chi connectivity index (χ2n) is 6.46. The molecule has 27 heavy (non-hydrogen) atoms. The number of ether oxygens (including phenoxy) is 1. The molecule has 0 unspecified atom stereocenters. The number of nitrogens with zero attached hydrogens (tertiary/aromatic N) is 1. The highest BCUT2D eigenvalue weighted by Gasteiger charge is 2.28. The molecule has 0 aliphatic carbocycles. The molecule has 0 spiro atoms. The molecule has 1 N–H and O–H groups in total. The number of nitrogens with one attached hydrogen (secondary N) is 1. The Morgan fingerprint density at radius 1 is 1.19 bits per heavy atom. The van der Waals surface area contributed by atoms with Gasteiger partial charge in [-0.3, -0.25) is 18.9 Å². The standard InChI is InChI=1S/C17H25N2O6PS/c1-12(2)24-26(22,25-13(3)4)11-23-7-6-19-9-15(14-5-8-27-10-14)16(20)18-17(19)21/h5,8-10,12-13H,6-7,11H2,1-4H3,(H,18,20,21). The second-order valence-corrected chi connectivity index (χ2v) is 9.15. The fourth-order valence-corrected chi connectivity index (χ4v) is 4.83. The number of hydrogen-bond donors (Lipinski definition) is 1. The Labute approximate surface area is 161 Å². The van der Waals surface area contributed by atoms with Crippen LogP contribution in [0.2, 0.25) is 0 Å². The van der Waals surface area contributed by atoms with E-state index < -0.39 is 18.8 Å². The SMILES string of the molecule is CC(C)OP(=O)(COCCn1cc(-c2ccsc2)c(=O)[nH]c1=O)OC(C)C. The number of aromatic amines is 1. The van der Waals surface area contributed by atoms with Crippen molar-refractivity contribution in [1.29, 1.82) is 0 Å². The molecular formula is C17H25N2O6PS. The number of H-pyrrole nitrogens is 1. The van der Waals surface area contributed by atoms with Crippen molar-refractivity contribution in [2.75, 3.05) is 13.0 Å². The maximum Gasteiger partial charge on any atom is 0.356 e. The first kappa shape index (κ1) is 21.8. The van der Waals surface area contributed by atoms with Gasteiger partial charge < -0.3 is 13.8 Å². The van der Waals surface area contributed by atoms with E-state index >= 15 is 0 Å². The lowest BCUT2D eigenvalue weighted by molar-refractivity contribution is 0.0955. The molecule has 0 bridgehead atoms. The van der Waals surface area contributed by atoms with Crippen LogP contribution in [-0.2, 0) is 24.9 Å². The van der Waals surface area contributed by atoms with Crippen LogP contribution < -0.4 is 11.2 Å². The molecule has 0 aromatic carbocycles. The molecule has 2 heterocycles. The molecule has 2 aromatic rings. The van der Waals surface area contributed by atoms with Gasteiger partial charge in [-0.15, -0.1) is 0 Å². The quantitative estimate of drug-likeness (QED) is 0.471. The maximum atomic E-state index is 12.7. The van der Waals surface area contributed by atoms with Gasteiger partial charge in [0.25, 0.3) is 5.56 Å². The highest BCUT2D eigenvalue weighted by atomic mass is 32.1. The van der Waals surface area contributed by atoms with E-state index in [4.69, 9.17) is 13.8 Å². The Morgan fingerprint density at radius 2 is 1.85 bits per heavy atom. The van der Waals surface area contributed by atoms with Crippen molar-refractivity contribution in [1.82, 2.24) is 9.55 Å². The number of hydrogen-bond acceptors (Lipinski definition) is 7. The molecular weight excluding hydrogens is 391 g/mol. The van der Waals surface area contributed by atoms with Gasteiger partial charge in [0, 0.05) is 6.20 Å². The topological polar surface area (TPSA) is 99.6 Å². The molecule has 0 saturated heterocycles. The Balaban J connectivity index is 2.02. The summed E-state index contributed by atoms with van der Waals surface area (Å²) in [6.45, 7) is 7.37. The summed E-state index contributed by atoms with van der Waals surface area (Å²) >= 11 is 1.46. The average molecular weight is 416 g/mol. The number of aromatic nitrogens is 2. The van der Waals surface area contributed by atoms with Crippen LogP contribution in [0.1, 0.15) is 27.7 Å². The molecule has 0 atom stereocenters. The van der Waals surface area contributed by atoms with E-state index in [1.54, 1.807) is 27.7 Å². The Hall–Kier alpha value is -1.51. The smallest absolute Gasteiger partial charge is 0.356 e. The Kier molecular flexibility index (Phi) is 7.76. The van der Waals surface area contributed by atoms with E-state index in [0.717, 1.165) is 5.56 Å². The first-order valence-corrected chi connectivity index (χ1v) is 11.3. The van der Waals surface area contributed by atoms with Gasteiger partial charge >= 0.3 is 13.3 Å². The van der Waals surface area contributed by atoms with Gasteiger partial charge in [-0.2, -0.15) is 11.3 Å². The zero-order chi connectivity index (χ0) is 20.0. The van der Waals surface area contributed by atoms with Crippen molar-refractivity contribution < 1.29 is 18.3 Å². The number of rotatable bonds is 10. The predicted molar refractivity (Wildman–Crippen MR) is 106 cm³/mol. The fraction of sp³-hybridized carbons (Fsp3) is 0.529. The third-order valence-corrected chi connectivity index (χ3v) is 5.98. The van der Waals surface area contributed by atoms with E-state index in [1.807, 2.05) is 16.8 Å². The summed E-state index contributed by atoms with van der Waals surface area (Å²) in [6, 6.07) is 1.81. The van der Waals surface area contributed by atoms with Crippen molar-refractivity contribution >= 4 is 18.9 Å². The summed E-state index contributed by atoms with van der Waals surface area (Å²) < 4.78 is 30.3. The van der Waals surface area contributed by atoms with Crippen molar-refractivity contribution in [3.63, 3.8) is 0 Å². The van der Waals surface area contributed by atoms with Crippen LogP contribution in [0.15, 0.2) is 32.6 Å². The van der Waals surface area contributed by atoms with Gasteiger partial charge in [-0.25, -0.2) is 4.79 Å². The Bertz CT molecular complexity index is 874. The molecule has 150 valence electrons. The van der Waals surface area contributed by atoms with Crippen LogP contribution in [0.25, 0.3) is 11.1 Å². The minimum absolute atomic E-state index is 0.113. The van der Waals surface area contributed by atoms with E-state index in [0.29, 0.717) is 5.56 Å². The predicted octanol–water partition coefficient (Wildman–Crippen LogP) is 3.28. The van der Waals surface area contributed by atoms with Crippen LogP contribution in [0, 0.1) is 0 Å². The second kappa shape index (κ2) is 9.61. The molecule has 0 fully saturated rings.